The number of thiazole rings is 1. The van der Waals surface area contributed by atoms with Crippen LogP contribution in [0.15, 0.2) is 24.4 Å². The number of nitrogens with zero attached hydrogens (tertiary/aromatic N) is 2. The molecule has 0 spiro atoms. The first-order valence-corrected chi connectivity index (χ1v) is 7.68. The van der Waals surface area contributed by atoms with Crippen molar-refractivity contribution in [3.63, 3.8) is 0 Å². The summed E-state index contributed by atoms with van der Waals surface area (Å²) in [5, 5.41) is 13.4. The number of anilines is 1. The molecule has 1 N–H and O–H groups in total. The summed E-state index contributed by atoms with van der Waals surface area (Å²) in [5.41, 5.74) is 1.87. The Bertz CT molecular complexity index is 685. The summed E-state index contributed by atoms with van der Waals surface area (Å²) in [7, 11) is 0. The van der Waals surface area contributed by atoms with E-state index < -0.39 is 0 Å². The first kappa shape index (κ1) is 15.2. The number of hydrogen-bond acceptors (Lipinski definition) is 5. The third kappa shape index (κ3) is 3.89. The Morgan fingerprint density at radius 2 is 2.29 bits per heavy atom. The third-order valence-corrected chi connectivity index (χ3v) is 4.35. The number of rotatable bonds is 6. The van der Waals surface area contributed by atoms with Crippen molar-refractivity contribution in [3.05, 3.63) is 45.4 Å². The van der Waals surface area contributed by atoms with E-state index in [-0.39, 0.29) is 5.78 Å². The van der Waals surface area contributed by atoms with Crippen LogP contribution in [0.1, 0.15) is 39.7 Å². The molecule has 2 rings (SSSR count). The fraction of sp³-hybridized carbons (Fsp3) is 0.312. The van der Waals surface area contributed by atoms with Gasteiger partial charge in [0.05, 0.1) is 16.3 Å². The molecular formula is C16H17N3OS. The number of nitriles is 1. The predicted octanol–water partition coefficient (Wildman–Crippen LogP) is 3.43. The monoisotopic (exact) mass is 299 g/mol. The molecule has 108 valence electrons. The smallest absolute Gasteiger partial charge is 0.159 e. The maximum absolute atomic E-state index is 11.4. The molecule has 0 unspecified atom stereocenters. The van der Waals surface area contributed by atoms with Gasteiger partial charge in [0.1, 0.15) is 6.07 Å². The Kier molecular flexibility index (Phi) is 5.07. The van der Waals surface area contributed by atoms with Crippen molar-refractivity contribution >= 4 is 22.8 Å². The van der Waals surface area contributed by atoms with Crippen LogP contribution in [-0.2, 0) is 12.8 Å². The average molecular weight is 299 g/mol. The van der Waals surface area contributed by atoms with Crippen molar-refractivity contribution in [3.8, 4) is 6.07 Å². The topological polar surface area (TPSA) is 65.8 Å². The second kappa shape index (κ2) is 7.00. The van der Waals surface area contributed by atoms with Crippen LogP contribution in [0, 0.1) is 11.3 Å². The fourth-order valence-corrected chi connectivity index (χ4v) is 2.80. The summed E-state index contributed by atoms with van der Waals surface area (Å²) in [5.74, 6) is -0.00458. The first-order chi connectivity index (χ1) is 10.1. The van der Waals surface area contributed by atoms with Crippen molar-refractivity contribution in [2.24, 2.45) is 0 Å². The zero-order valence-electron chi connectivity index (χ0n) is 12.1. The molecule has 4 nitrogen and oxygen atoms in total. The van der Waals surface area contributed by atoms with Gasteiger partial charge in [-0.25, -0.2) is 4.98 Å². The molecule has 0 aliphatic heterocycles. The van der Waals surface area contributed by atoms with Gasteiger partial charge in [0.25, 0.3) is 0 Å². The number of aromatic nitrogens is 1. The van der Waals surface area contributed by atoms with Crippen LogP contribution in [0.3, 0.4) is 0 Å². The summed E-state index contributed by atoms with van der Waals surface area (Å²) in [6.45, 7) is 4.32. The second-order valence-corrected chi connectivity index (χ2v) is 5.88. The molecule has 0 bridgehead atoms. The van der Waals surface area contributed by atoms with Gasteiger partial charge in [-0.2, -0.15) is 5.26 Å². The highest BCUT2D eigenvalue weighted by Gasteiger charge is 2.07. The van der Waals surface area contributed by atoms with Crippen molar-refractivity contribution in [1.82, 2.24) is 4.98 Å². The van der Waals surface area contributed by atoms with Gasteiger partial charge in [-0.1, -0.05) is 6.92 Å². The van der Waals surface area contributed by atoms with Gasteiger partial charge >= 0.3 is 0 Å². The summed E-state index contributed by atoms with van der Waals surface area (Å²) < 4.78 is 0. The quantitative estimate of drug-likeness (QED) is 0.830. The van der Waals surface area contributed by atoms with Crippen LogP contribution in [0.4, 0.5) is 5.69 Å². The van der Waals surface area contributed by atoms with Crippen molar-refractivity contribution in [2.75, 3.05) is 11.9 Å². The number of carbonyl (C=O) groups is 1. The van der Waals surface area contributed by atoms with E-state index in [0.29, 0.717) is 23.4 Å². The van der Waals surface area contributed by atoms with E-state index >= 15 is 0 Å². The number of nitrogens with one attached hydrogen (secondary N) is 1. The number of benzene rings is 1. The lowest BCUT2D eigenvalue weighted by atomic mass is 10.1. The Labute approximate surface area is 128 Å². The van der Waals surface area contributed by atoms with Gasteiger partial charge in [0.2, 0.25) is 0 Å². The van der Waals surface area contributed by atoms with Crippen molar-refractivity contribution in [1.29, 1.82) is 5.26 Å². The van der Waals surface area contributed by atoms with E-state index in [2.05, 4.69) is 23.3 Å². The Balaban J connectivity index is 2.03. The molecule has 0 amide bonds. The number of aryl methyl sites for hydroxylation is 1. The van der Waals surface area contributed by atoms with Gasteiger partial charge < -0.3 is 5.32 Å². The molecule has 0 aliphatic rings. The lowest BCUT2D eigenvalue weighted by Crippen LogP contribution is -2.07. The van der Waals surface area contributed by atoms with Crippen LogP contribution in [0.5, 0.6) is 0 Å². The number of carbonyl (C=O) groups excluding carboxylic acids is 1. The first-order valence-electron chi connectivity index (χ1n) is 6.86. The average Bonchev–Trinajstić information content (AvgIpc) is 2.95. The van der Waals surface area contributed by atoms with E-state index in [1.807, 2.05) is 6.20 Å². The minimum absolute atomic E-state index is 0.00458. The molecule has 0 atom stereocenters. The minimum Gasteiger partial charge on any atom is -0.384 e. The molecule has 1 aromatic heterocycles. The standard InChI is InChI=1S/C16H17N3OS/c1-3-14-10-19-16(21-14)6-7-18-15-8-12(11(2)20)4-5-13(15)9-17/h4-5,8,10,18H,3,6-7H2,1-2H3. The number of hydrogen-bond donors (Lipinski definition) is 1. The summed E-state index contributed by atoms with van der Waals surface area (Å²) in [6, 6.07) is 7.23. The number of Topliss-reactive ketones (excluding diaryl/α,β-unsaturated/α-hetero) is 1. The maximum Gasteiger partial charge on any atom is 0.159 e. The summed E-state index contributed by atoms with van der Waals surface area (Å²) in [4.78, 5) is 17.1. The maximum atomic E-state index is 11.4. The van der Waals surface area contributed by atoms with E-state index in [1.54, 1.807) is 29.5 Å². The Morgan fingerprint density at radius 1 is 1.48 bits per heavy atom. The minimum atomic E-state index is -0.00458. The van der Waals surface area contributed by atoms with Crippen LogP contribution in [0.2, 0.25) is 0 Å². The van der Waals surface area contributed by atoms with Crippen molar-refractivity contribution < 1.29 is 4.79 Å². The van der Waals surface area contributed by atoms with Gasteiger partial charge in [0.15, 0.2) is 5.78 Å². The zero-order chi connectivity index (χ0) is 15.2. The largest absolute Gasteiger partial charge is 0.384 e. The van der Waals surface area contributed by atoms with Gasteiger partial charge in [-0.15, -0.1) is 11.3 Å². The van der Waals surface area contributed by atoms with E-state index in [1.165, 1.54) is 11.8 Å². The van der Waals surface area contributed by atoms with Crippen LogP contribution in [-0.4, -0.2) is 17.3 Å². The molecule has 5 heteroatoms. The molecule has 0 aliphatic carbocycles. The Morgan fingerprint density at radius 3 is 2.90 bits per heavy atom. The second-order valence-electron chi connectivity index (χ2n) is 4.68. The molecule has 0 saturated heterocycles. The molecule has 0 radical (unpaired) electrons. The highest BCUT2D eigenvalue weighted by atomic mass is 32.1. The molecule has 0 fully saturated rings. The van der Waals surface area contributed by atoms with Gasteiger partial charge in [-0.3, -0.25) is 4.79 Å². The van der Waals surface area contributed by atoms with E-state index in [4.69, 9.17) is 5.26 Å². The lowest BCUT2D eigenvalue weighted by Gasteiger charge is -2.08. The molecule has 1 aromatic carbocycles. The molecule has 1 heterocycles. The molecule has 21 heavy (non-hydrogen) atoms. The lowest BCUT2D eigenvalue weighted by molar-refractivity contribution is 0.101. The molecule has 2 aromatic rings. The van der Waals surface area contributed by atoms with E-state index in [9.17, 15) is 4.79 Å². The SMILES string of the molecule is CCc1cnc(CCNc2cc(C(C)=O)ccc2C#N)s1. The van der Waals surface area contributed by atoms with Crippen LogP contribution < -0.4 is 5.32 Å². The van der Waals surface area contributed by atoms with Gasteiger partial charge in [0, 0.05) is 29.6 Å². The highest BCUT2D eigenvalue weighted by molar-refractivity contribution is 7.11. The number of ketones is 1. The van der Waals surface area contributed by atoms with E-state index in [0.717, 1.165) is 17.8 Å². The zero-order valence-corrected chi connectivity index (χ0v) is 13.0. The normalized spacial score (nSPS) is 10.1. The third-order valence-electron chi connectivity index (χ3n) is 3.15. The summed E-state index contributed by atoms with van der Waals surface area (Å²) >= 11 is 1.72. The predicted molar refractivity (Wildman–Crippen MR) is 84.8 cm³/mol. The van der Waals surface area contributed by atoms with Gasteiger partial charge in [-0.05, 0) is 31.5 Å². The molecule has 0 saturated carbocycles. The van der Waals surface area contributed by atoms with Crippen LogP contribution >= 0.6 is 11.3 Å². The van der Waals surface area contributed by atoms with Crippen molar-refractivity contribution in [2.45, 2.75) is 26.7 Å². The van der Waals surface area contributed by atoms with Crippen LogP contribution in [0.25, 0.3) is 0 Å². The highest BCUT2D eigenvalue weighted by Crippen LogP contribution is 2.18. The summed E-state index contributed by atoms with van der Waals surface area (Å²) in [6.07, 6.45) is 3.72. The Hall–Kier alpha value is -2.19. The molecular weight excluding hydrogens is 282 g/mol. The fourth-order valence-electron chi connectivity index (χ4n) is 1.94.